The van der Waals surface area contributed by atoms with Gasteiger partial charge in [0.05, 0.1) is 6.61 Å². The van der Waals surface area contributed by atoms with E-state index in [1.165, 1.54) is 0 Å². The van der Waals surface area contributed by atoms with Crippen molar-refractivity contribution in [1.29, 1.82) is 0 Å². The van der Waals surface area contributed by atoms with Gasteiger partial charge in [0.25, 0.3) is 0 Å². The predicted octanol–water partition coefficient (Wildman–Crippen LogP) is 1.10. The van der Waals surface area contributed by atoms with Gasteiger partial charge in [0.1, 0.15) is 0 Å². The van der Waals surface area contributed by atoms with Crippen LogP contribution in [0.2, 0.25) is 0 Å². The van der Waals surface area contributed by atoms with Gasteiger partial charge in [-0.3, -0.25) is 0 Å². The zero-order valence-electron chi connectivity index (χ0n) is 6.80. The van der Waals surface area contributed by atoms with E-state index in [0.29, 0.717) is 5.25 Å². The quantitative estimate of drug-likeness (QED) is 0.596. The topological polar surface area (TPSA) is 35.2 Å². The monoisotopic (exact) mass is 163 g/mol. The molecule has 1 atom stereocenters. The van der Waals surface area contributed by atoms with Crippen LogP contribution < -0.4 is 5.73 Å². The number of rotatable bonds is 6. The zero-order valence-corrected chi connectivity index (χ0v) is 7.62. The molecular formula is C7H17NOS. The Balaban J connectivity index is 2.97. The Morgan fingerprint density at radius 1 is 1.60 bits per heavy atom. The maximum Gasteiger partial charge on any atom is 0.0553 e. The number of thioether (sulfide) groups is 1. The molecule has 3 heteroatoms. The third-order valence-corrected chi connectivity index (χ3v) is 2.47. The van der Waals surface area contributed by atoms with Gasteiger partial charge >= 0.3 is 0 Å². The molecule has 0 fully saturated rings. The summed E-state index contributed by atoms with van der Waals surface area (Å²) < 4.78 is 4.92. The molecule has 0 saturated carbocycles. The molecule has 0 saturated heterocycles. The van der Waals surface area contributed by atoms with Crippen LogP contribution in [0.3, 0.4) is 0 Å². The maximum absolute atomic E-state index is 5.39. The van der Waals surface area contributed by atoms with Crippen molar-refractivity contribution in [2.75, 3.05) is 26.0 Å². The summed E-state index contributed by atoms with van der Waals surface area (Å²) in [5.41, 5.74) is 5.39. The van der Waals surface area contributed by atoms with Gasteiger partial charge in [0.2, 0.25) is 0 Å². The van der Waals surface area contributed by atoms with Crippen LogP contribution >= 0.6 is 11.8 Å². The van der Waals surface area contributed by atoms with Crippen molar-refractivity contribution < 1.29 is 4.74 Å². The molecule has 0 amide bonds. The van der Waals surface area contributed by atoms with Gasteiger partial charge in [0, 0.05) is 18.1 Å². The first-order chi connectivity index (χ1) is 4.81. The van der Waals surface area contributed by atoms with Crippen LogP contribution in [0.4, 0.5) is 0 Å². The van der Waals surface area contributed by atoms with Gasteiger partial charge < -0.3 is 10.5 Å². The van der Waals surface area contributed by atoms with Gasteiger partial charge in [-0.05, 0) is 13.0 Å². The lowest BCUT2D eigenvalue weighted by Gasteiger charge is -2.07. The van der Waals surface area contributed by atoms with Crippen molar-refractivity contribution in [1.82, 2.24) is 0 Å². The molecule has 0 spiro atoms. The Labute approximate surface area is 67.5 Å². The van der Waals surface area contributed by atoms with Crippen molar-refractivity contribution >= 4 is 11.8 Å². The molecule has 0 aliphatic heterocycles. The molecule has 0 bridgehead atoms. The van der Waals surface area contributed by atoms with Crippen molar-refractivity contribution in [3.05, 3.63) is 0 Å². The first kappa shape index (κ1) is 10.3. The molecule has 0 aromatic heterocycles. The summed E-state index contributed by atoms with van der Waals surface area (Å²) in [6.07, 6.45) is 1.11. The molecule has 0 radical (unpaired) electrons. The second-order valence-corrected chi connectivity index (χ2v) is 3.80. The molecule has 10 heavy (non-hydrogen) atoms. The Morgan fingerprint density at radius 2 is 2.30 bits per heavy atom. The first-order valence-corrected chi connectivity index (χ1v) is 4.66. The lowest BCUT2D eigenvalue weighted by atomic mass is 10.3. The molecule has 0 aliphatic carbocycles. The number of ether oxygens (including phenoxy) is 1. The minimum atomic E-state index is 0.681. The number of hydrogen-bond donors (Lipinski definition) is 1. The molecule has 0 rings (SSSR count). The number of methoxy groups -OCH3 is 1. The van der Waals surface area contributed by atoms with Gasteiger partial charge in [-0.15, -0.1) is 0 Å². The van der Waals surface area contributed by atoms with Crippen LogP contribution in [-0.2, 0) is 4.74 Å². The highest BCUT2D eigenvalue weighted by atomic mass is 32.2. The average Bonchev–Trinajstić information content (AvgIpc) is 1.89. The molecule has 1 unspecified atom stereocenters. The normalized spacial score (nSPS) is 13.5. The highest BCUT2D eigenvalue weighted by Crippen LogP contribution is 2.12. The smallest absolute Gasteiger partial charge is 0.0553 e. The van der Waals surface area contributed by atoms with Crippen molar-refractivity contribution in [2.24, 2.45) is 5.73 Å². The van der Waals surface area contributed by atoms with E-state index in [9.17, 15) is 0 Å². The third-order valence-electron chi connectivity index (χ3n) is 1.26. The first-order valence-electron chi connectivity index (χ1n) is 3.62. The fourth-order valence-electron chi connectivity index (χ4n) is 0.651. The lowest BCUT2D eigenvalue weighted by Crippen LogP contribution is -2.08. The van der Waals surface area contributed by atoms with Crippen molar-refractivity contribution in [2.45, 2.75) is 18.6 Å². The van der Waals surface area contributed by atoms with Crippen LogP contribution in [0.25, 0.3) is 0 Å². The Kier molecular flexibility index (Phi) is 7.58. The predicted molar refractivity (Wildman–Crippen MR) is 47.5 cm³/mol. The highest BCUT2D eigenvalue weighted by molar-refractivity contribution is 7.99. The van der Waals surface area contributed by atoms with E-state index in [0.717, 1.165) is 25.3 Å². The summed E-state index contributed by atoms with van der Waals surface area (Å²) in [5, 5.41) is 0.681. The highest BCUT2D eigenvalue weighted by Gasteiger charge is 1.98. The summed E-state index contributed by atoms with van der Waals surface area (Å²) in [7, 11) is 1.73. The Morgan fingerprint density at radius 3 is 2.80 bits per heavy atom. The van der Waals surface area contributed by atoms with Crippen LogP contribution in [0.15, 0.2) is 0 Å². The van der Waals surface area contributed by atoms with Crippen LogP contribution in [-0.4, -0.2) is 31.3 Å². The van der Waals surface area contributed by atoms with Gasteiger partial charge in [-0.25, -0.2) is 0 Å². The lowest BCUT2D eigenvalue weighted by molar-refractivity contribution is 0.218. The fraction of sp³-hybridized carbons (Fsp3) is 1.00. The van der Waals surface area contributed by atoms with E-state index >= 15 is 0 Å². The van der Waals surface area contributed by atoms with Crippen LogP contribution in [0.1, 0.15) is 13.3 Å². The van der Waals surface area contributed by atoms with Crippen LogP contribution in [0.5, 0.6) is 0 Å². The number of nitrogens with two attached hydrogens (primary N) is 1. The summed E-state index contributed by atoms with van der Waals surface area (Å²) in [4.78, 5) is 0. The molecular weight excluding hydrogens is 146 g/mol. The van der Waals surface area contributed by atoms with E-state index in [-0.39, 0.29) is 0 Å². The molecule has 2 N–H and O–H groups in total. The third kappa shape index (κ3) is 6.39. The summed E-state index contributed by atoms with van der Waals surface area (Å²) in [6, 6.07) is 0. The SMILES string of the molecule is COCCSC(C)CCN. The van der Waals surface area contributed by atoms with Crippen molar-refractivity contribution in [3.8, 4) is 0 Å². The molecule has 0 heterocycles. The van der Waals surface area contributed by atoms with Gasteiger partial charge in [-0.1, -0.05) is 6.92 Å². The van der Waals surface area contributed by atoms with Crippen LogP contribution in [0, 0.1) is 0 Å². The largest absolute Gasteiger partial charge is 0.384 e. The second kappa shape index (κ2) is 7.38. The van der Waals surface area contributed by atoms with E-state index in [1.54, 1.807) is 7.11 Å². The molecule has 0 aromatic rings. The fourth-order valence-corrected chi connectivity index (χ4v) is 1.62. The zero-order chi connectivity index (χ0) is 7.82. The maximum atomic E-state index is 5.39. The van der Waals surface area contributed by atoms with E-state index in [1.807, 2.05) is 11.8 Å². The minimum absolute atomic E-state index is 0.681. The molecule has 0 aliphatic rings. The minimum Gasteiger partial charge on any atom is -0.384 e. The second-order valence-electron chi connectivity index (χ2n) is 2.25. The average molecular weight is 163 g/mol. The standard InChI is InChI=1S/C7H17NOS/c1-7(3-4-8)10-6-5-9-2/h7H,3-6,8H2,1-2H3. The summed E-state index contributed by atoms with van der Waals surface area (Å²) >= 11 is 1.92. The Hall–Kier alpha value is 0.270. The van der Waals surface area contributed by atoms with Gasteiger partial charge in [-0.2, -0.15) is 11.8 Å². The van der Waals surface area contributed by atoms with E-state index in [2.05, 4.69) is 6.92 Å². The molecule has 0 aromatic carbocycles. The van der Waals surface area contributed by atoms with Crippen molar-refractivity contribution in [3.63, 3.8) is 0 Å². The summed E-state index contributed by atoms with van der Waals surface area (Å²) in [5.74, 6) is 1.08. The number of hydrogen-bond acceptors (Lipinski definition) is 3. The summed E-state index contributed by atoms with van der Waals surface area (Å²) in [6.45, 7) is 3.84. The molecule has 62 valence electrons. The molecule has 2 nitrogen and oxygen atoms in total. The van der Waals surface area contributed by atoms with E-state index < -0.39 is 0 Å². The van der Waals surface area contributed by atoms with E-state index in [4.69, 9.17) is 10.5 Å². The Bertz CT molecular complexity index is 70.6. The van der Waals surface area contributed by atoms with Gasteiger partial charge in [0.15, 0.2) is 0 Å².